The van der Waals surface area contributed by atoms with Gasteiger partial charge in [-0.05, 0) is 133 Å². The van der Waals surface area contributed by atoms with Crippen molar-refractivity contribution in [2.24, 2.45) is 0 Å². The van der Waals surface area contributed by atoms with Crippen molar-refractivity contribution in [1.82, 2.24) is 73.5 Å². The van der Waals surface area contributed by atoms with E-state index >= 15 is 0 Å². The van der Waals surface area contributed by atoms with E-state index < -0.39 is 59.7 Å². The second-order valence-corrected chi connectivity index (χ2v) is 32.4. The predicted octanol–water partition coefficient (Wildman–Crippen LogP) is 12.6. The van der Waals surface area contributed by atoms with Crippen molar-refractivity contribution < 1.29 is 90.3 Å². The molecular weight excluding hydrogens is 1880 g/mol. The third-order valence-electron chi connectivity index (χ3n) is 23.1. The van der Waals surface area contributed by atoms with Crippen molar-refractivity contribution in [3.8, 4) is 90.8 Å². The van der Waals surface area contributed by atoms with Gasteiger partial charge in [-0.1, -0.05) is 18.2 Å². The average Bonchev–Trinajstić information content (AvgIpc) is 0.851. The lowest BCUT2D eigenvalue weighted by atomic mass is 10.1. The summed E-state index contributed by atoms with van der Waals surface area (Å²) in [5, 5.41) is 26.0. The van der Waals surface area contributed by atoms with E-state index in [1.165, 1.54) is 115 Å². The van der Waals surface area contributed by atoms with Crippen LogP contribution in [0.1, 0.15) is 5.56 Å². The summed E-state index contributed by atoms with van der Waals surface area (Å²) in [6.07, 6.45) is -10.5. The van der Waals surface area contributed by atoms with Crippen LogP contribution >= 0.6 is 0 Å². The van der Waals surface area contributed by atoms with E-state index in [1.807, 2.05) is 30.3 Å². The number of alkyl halides is 12. The normalized spacial score (nSPS) is 14.9. The van der Waals surface area contributed by atoms with E-state index in [0.29, 0.717) is 39.4 Å². The van der Waals surface area contributed by atoms with Crippen molar-refractivity contribution in [1.29, 1.82) is 0 Å². The Morgan fingerprint density at radius 2 is 0.617 bits per heavy atom. The molecule has 20 rings (SSSR count). The van der Waals surface area contributed by atoms with Crippen LogP contribution in [0.5, 0.6) is 34.5 Å². The highest BCUT2D eigenvalue weighted by Crippen LogP contribution is 2.43. The number of benzene rings is 5. The number of halogens is 14. The number of hydrogen-bond donors (Lipinski definition) is 6. The Bertz CT molecular complexity index is 7380. The topological polar surface area (TPSA) is 315 Å². The zero-order valence-electron chi connectivity index (χ0n) is 75.0. The molecule has 0 bridgehead atoms. The molecular formula is C96H88F14N20O11. The van der Waals surface area contributed by atoms with Crippen molar-refractivity contribution in [3.05, 3.63) is 288 Å². The largest absolute Gasteiger partial charge is 0.573 e. The zero-order chi connectivity index (χ0) is 99.6. The standard InChI is InChI=1S/C20H19F3N4O3.C20H19F3N4O2.C19H17F3N4O3.C19H17F3N4O2.C18H16F2N4O/c1-29-16-4-2-13(10-17(16)30-20(21,22)23)15-11-19(28)27-12-14(3-5-18(27)25-15)26-8-6-24-7-9-26;1-29-19-14(3-2-4-15(19)20(21,22)23)16-11-18(28)27-12-13(5-6-17(27)25-16)26-9-7-24-8-10-26;20-19(21,22)29-16-9-12(1-3-15(16)27)14-10-18(28)26-11-13(2-4-17(26)24-14)25-7-5-23-6-8-25;20-19(21,22)28-15-3-1-2-13(10-15)16-11-18(27)26-12-14(4-5-17(26)24-16)25-8-6-23-7-9-25;19-13-7-12(8-14(20)9-13)16-10-18(25)24-11-15(1-2-17(24)22-16)23-5-3-21-4-6-23/h2-5,10-12,24H,6-9H2,1H3;2-6,11-12,24H,7-10H2,1H3;1-4,9-11,23,27H,5-8H2;1-5,10-12,23H,6-9H2;1-2,7-11,21H,3-6H2. The molecule has 141 heavy (non-hydrogen) atoms. The van der Waals surface area contributed by atoms with E-state index in [1.54, 1.807) is 67.4 Å². The van der Waals surface area contributed by atoms with Crippen molar-refractivity contribution in [3.63, 3.8) is 0 Å². The van der Waals surface area contributed by atoms with Gasteiger partial charge < -0.3 is 79.9 Å². The average molecular weight is 1960 g/mol. The summed E-state index contributed by atoms with van der Waals surface area (Å²) in [5.74, 6) is -4.12. The summed E-state index contributed by atoms with van der Waals surface area (Å²) in [4.78, 5) is 96.0. The zero-order valence-corrected chi connectivity index (χ0v) is 75.0. The minimum absolute atomic E-state index is 0.0748. The maximum Gasteiger partial charge on any atom is 0.573 e. The quantitative estimate of drug-likeness (QED) is 0.0519. The molecule has 15 aromatic rings. The number of pyridine rings is 5. The fraction of sp³-hybridized carbons (Fsp3) is 0.271. The number of rotatable bonds is 15. The van der Waals surface area contributed by atoms with E-state index in [4.69, 9.17) is 9.47 Å². The monoisotopic (exact) mass is 1960 g/mol. The molecule has 5 aliphatic rings. The molecule has 5 aromatic carbocycles. The number of hydrogen-bond acceptors (Lipinski definition) is 26. The van der Waals surface area contributed by atoms with E-state index in [9.17, 15) is 90.5 Å². The lowest BCUT2D eigenvalue weighted by Gasteiger charge is -2.29. The van der Waals surface area contributed by atoms with Gasteiger partial charge in [0, 0.05) is 226 Å². The molecule has 31 nitrogen and oxygen atoms in total. The second kappa shape index (κ2) is 42.5. The summed E-state index contributed by atoms with van der Waals surface area (Å²) in [6, 6.07) is 44.0. The summed E-state index contributed by atoms with van der Waals surface area (Å²) in [5.41, 5.74) is 6.28. The smallest absolute Gasteiger partial charge is 0.504 e. The molecule has 0 spiro atoms. The van der Waals surface area contributed by atoms with Gasteiger partial charge in [0.05, 0.1) is 76.7 Å². The van der Waals surface area contributed by atoms with Crippen LogP contribution in [0, 0.1) is 11.6 Å². The number of piperazine rings is 5. The van der Waals surface area contributed by atoms with Crippen LogP contribution < -0.4 is 103 Å². The Hall–Kier alpha value is -15.5. The number of fused-ring (bicyclic) bond motifs is 5. The Morgan fingerprint density at radius 3 is 0.957 bits per heavy atom. The molecule has 0 radical (unpaired) electrons. The molecule has 6 N–H and O–H groups in total. The third kappa shape index (κ3) is 24.4. The molecule has 15 heterocycles. The van der Waals surface area contributed by atoms with Crippen LogP contribution in [0.2, 0.25) is 0 Å². The summed E-state index contributed by atoms with van der Waals surface area (Å²) in [7, 11) is 2.41. The SMILES string of the molecule is COc1c(-c2cc(=O)n3cc(N4CCNCC4)ccc3n2)cccc1C(F)(F)F.COc1ccc(-c2cc(=O)n3cc(N4CCNCC4)ccc3n2)cc1OC(F)(F)F.O=c1cc(-c2cc(F)cc(F)c2)nc2ccc(N3CCNCC3)cn12.O=c1cc(-c2ccc(O)c(OC(F)(F)F)c2)nc2ccc(N3CCNCC3)cn12.O=c1cc(-c2cccc(OC(F)(F)F)c2)nc2ccc(N3CCNCC3)cn12. The van der Waals surface area contributed by atoms with Crippen LogP contribution in [-0.2, 0) is 6.18 Å². The van der Waals surface area contributed by atoms with Crippen molar-refractivity contribution >= 4 is 56.7 Å². The van der Waals surface area contributed by atoms with Crippen LogP contribution in [0.4, 0.5) is 89.9 Å². The first-order chi connectivity index (χ1) is 67.5. The van der Waals surface area contributed by atoms with Crippen molar-refractivity contribution in [2.75, 3.05) is 170 Å². The van der Waals surface area contributed by atoms with Gasteiger partial charge in [-0.15, -0.1) is 39.5 Å². The van der Waals surface area contributed by atoms with Crippen molar-refractivity contribution in [2.45, 2.75) is 25.3 Å². The molecule has 5 saturated heterocycles. The number of phenolic OH excluding ortho intramolecular Hbond substituents is 1. The number of aromatic hydroxyl groups is 1. The van der Waals surface area contributed by atoms with Gasteiger partial charge >= 0.3 is 25.3 Å². The van der Waals surface area contributed by atoms with E-state index in [2.05, 4.69) is 90.2 Å². The minimum atomic E-state index is -4.95. The predicted molar refractivity (Wildman–Crippen MR) is 500 cm³/mol. The molecule has 5 fully saturated rings. The fourth-order valence-electron chi connectivity index (χ4n) is 16.4. The summed E-state index contributed by atoms with van der Waals surface area (Å²) < 4.78 is 209. The van der Waals surface area contributed by atoms with Gasteiger partial charge in [-0.2, -0.15) is 13.2 Å². The minimum Gasteiger partial charge on any atom is -0.504 e. The number of nitrogens with zero attached hydrogens (tertiary/aromatic N) is 15. The first-order valence-electron chi connectivity index (χ1n) is 44.1. The molecule has 0 atom stereocenters. The maximum atomic E-state index is 13.4. The molecule has 5 aliphatic heterocycles. The highest BCUT2D eigenvalue weighted by Gasteiger charge is 2.38. The number of aromatic nitrogens is 10. The van der Waals surface area contributed by atoms with Crippen LogP contribution in [-0.4, -0.2) is 216 Å². The van der Waals surface area contributed by atoms with Gasteiger partial charge in [-0.3, -0.25) is 46.0 Å². The Kier molecular flexibility index (Phi) is 29.7. The molecule has 0 unspecified atom stereocenters. The fourth-order valence-corrected chi connectivity index (χ4v) is 16.4. The number of ether oxygens (including phenoxy) is 5. The Labute approximate surface area is 790 Å². The third-order valence-corrected chi connectivity index (χ3v) is 23.1. The molecule has 0 aliphatic carbocycles. The van der Waals surface area contributed by atoms with Gasteiger partial charge in [0.15, 0.2) is 23.0 Å². The van der Waals surface area contributed by atoms with Gasteiger partial charge in [0.2, 0.25) is 0 Å². The molecule has 0 saturated carbocycles. The molecule has 45 heteroatoms. The number of methoxy groups -OCH3 is 2. The van der Waals surface area contributed by atoms with Crippen LogP contribution in [0.25, 0.3) is 84.5 Å². The van der Waals surface area contributed by atoms with Gasteiger partial charge in [0.1, 0.15) is 51.4 Å². The summed E-state index contributed by atoms with van der Waals surface area (Å²) in [6.45, 7) is 17.1. The van der Waals surface area contributed by atoms with Crippen LogP contribution in [0.3, 0.4) is 0 Å². The first-order valence-corrected chi connectivity index (χ1v) is 44.1. The van der Waals surface area contributed by atoms with E-state index in [-0.39, 0.29) is 90.2 Å². The summed E-state index contributed by atoms with van der Waals surface area (Å²) >= 11 is 0. The Morgan fingerprint density at radius 1 is 0.305 bits per heavy atom. The van der Waals surface area contributed by atoms with Crippen LogP contribution in [0.15, 0.2) is 243 Å². The van der Waals surface area contributed by atoms with Gasteiger partial charge in [0.25, 0.3) is 27.8 Å². The molecule has 10 aromatic heterocycles. The lowest BCUT2D eigenvalue weighted by molar-refractivity contribution is -0.276. The number of phenols is 1. The lowest BCUT2D eigenvalue weighted by Crippen LogP contribution is -2.43. The van der Waals surface area contributed by atoms with E-state index in [0.717, 1.165) is 202 Å². The number of anilines is 5. The van der Waals surface area contributed by atoms with Gasteiger partial charge in [-0.25, -0.2) is 33.7 Å². The number of para-hydroxylation sites is 1. The highest BCUT2D eigenvalue weighted by atomic mass is 19.4. The highest BCUT2D eigenvalue weighted by molar-refractivity contribution is 5.73. The second-order valence-electron chi connectivity index (χ2n) is 32.4. The maximum absolute atomic E-state index is 13.4. The molecule has 0 amide bonds. The number of nitrogens with one attached hydrogen (secondary N) is 5. The molecule has 736 valence electrons. The Balaban J connectivity index is 0.000000127. The first kappa shape index (κ1) is 98.6.